The third-order valence-corrected chi connectivity index (χ3v) is 6.20. The van der Waals surface area contributed by atoms with E-state index in [1.165, 1.54) is 6.92 Å². The maximum atomic E-state index is 13.4. The number of nitrogens with zero attached hydrogens (tertiary/aromatic N) is 1. The number of rotatable bonds is 7. The Labute approximate surface area is 200 Å². The van der Waals surface area contributed by atoms with E-state index < -0.39 is 35.6 Å². The third kappa shape index (κ3) is 5.39. The average molecular weight is 485 g/mol. The van der Waals surface area contributed by atoms with Crippen LogP contribution >= 0.6 is 0 Å². The molecule has 0 unspecified atom stereocenters. The number of hydrogen-bond donors (Lipinski definition) is 4. The quantitative estimate of drug-likeness (QED) is 0.412. The summed E-state index contributed by atoms with van der Waals surface area (Å²) in [7, 11) is 0. The molecule has 1 fully saturated rings. The van der Waals surface area contributed by atoms with Crippen molar-refractivity contribution in [3.05, 3.63) is 83.1 Å². The van der Waals surface area contributed by atoms with Crippen molar-refractivity contribution < 1.29 is 28.2 Å². The Morgan fingerprint density at radius 1 is 1.06 bits per heavy atom. The van der Waals surface area contributed by atoms with Gasteiger partial charge in [-0.3, -0.25) is 14.7 Å². The van der Waals surface area contributed by atoms with E-state index >= 15 is 0 Å². The van der Waals surface area contributed by atoms with Crippen LogP contribution in [0, 0.1) is 11.6 Å². The van der Waals surface area contributed by atoms with E-state index in [1.807, 2.05) is 30.3 Å². The van der Waals surface area contributed by atoms with Gasteiger partial charge in [0.25, 0.3) is 5.91 Å². The molecule has 4 N–H and O–H groups in total. The Morgan fingerprint density at radius 2 is 1.71 bits per heavy atom. The number of aromatic nitrogens is 2. The van der Waals surface area contributed by atoms with Gasteiger partial charge < -0.3 is 20.5 Å². The van der Waals surface area contributed by atoms with Crippen LogP contribution in [0.5, 0.6) is 0 Å². The monoisotopic (exact) mass is 484 g/mol. The van der Waals surface area contributed by atoms with Gasteiger partial charge in [-0.2, -0.15) is 5.10 Å². The van der Waals surface area contributed by atoms with Gasteiger partial charge in [0.2, 0.25) is 5.91 Å². The molecule has 0 spiro atoms. The van der Waals surface area contributed by atoms with Crippen LogP contribution in [0.3, 0.4) is 0 Å². The molecule has 1 aliphatic rings. The molecule has 0 bridgehead atoms. The number of nitrogens with one attached hydrogen (secondary N) is 3. The van der Waals surface area contributed by atoms with Gasteiger partial charge in [-0.1, -0.05) is 30.3 Å². The van der Waals surface area contributed by atoms with Crippen molar-refractivity contribution in [1.29, 1.82) is 0 Å². The number of H-pyrrole nitrogens is 1. The first kappa shape index (κ1) is 24.5. The highest BCUT2D eigenvalue weighted by atomic mass is 19.1. The predicted octanol–water partition coefficient (Wildman–Crippen LogP) is 2.96. The molecule has 2 aromatic carbocycles. The van der Waals surface area contributed by atoms with E-state index in [-0.39, 0.29) is 11.0 Å². The van der Waals surface area contributed by atoms with Crippen molar-refractivity contribution in [2.75, 3.05) is 18.5 Å². The fraction of sp³-hybridized carbons (Fsp3) is 0.320. The fourth-order valence-corrected chi connectivity index (χ4v) is 4.28. The number of benzene rings is 2. The van der Waals surface area contributed by atoms with Crippen molar-refractivity contribution in [1.82, 2.24) is 15.5 Å². The molecule has 1 aromatic heterocycles. The molecule has 8 nitrogen and oxygen atoms in total. The summed E-state index contributed by atoms with van der Waals surface area (Å²) in [6.45, 7) is 2.60. The van der Waals surface area contributed by atoms with E-state index in [9.17, 15) is 23.5 Å². The lowest BCUT2D eigenvalue weighted by molar-refractivity contribution is -0.132. The Bertz CT molecular complexity index is 1170. The molecule has 2 amide bonds. The predicted molar refractivity (Wildman–Crippen MR) is 123 cm³/mol. The summed E-state index contributed by atoms with van der Waals surface area (Å²) < 4.78 is 32.3. The van der Waals surface area contributed by atoms with Crippen LogP contribution in [0.4, 0.5) is 14.6 Å². The minimum atomic E-state index is -1.84. The van der Waals surface area contributed by atoms with E-state index in [2.05, 4.69) is 20.8 Å². The number of amides is 2. The molecular weight excluding hydrogens is 458 g/mol. The Kier molecular flexibility index (Phi) is 7.23. The van der Waals surface area contributed by atoms with Crippen LogP contribution in [0.25, 0.3) is 0 Å². The Balaban J connectivity index is 1.43. The first-order valence-electron chi connectivity index (χ1n) is 11.2. The minimum Gasteiger partial charge on any atom is -0.381 e. The number of halogens is 2. The Hall–Kier alpha value is -3.63. The molecule has 0 radical (unpaired) electrons. The molecule has 10 heteroatoms. The number of ether oxygens (including phenoxy) is 1. The minimum absolute atomic E-state index is 0.256. The number of aliphatic hydroxyl groups excluding tert-OH is 1. The standard InChI is InChI=1S/C25H26F2N4O4/c1-15(28-24(34)22(32)16-11-18(26)13-19(27)12-16)23(33)29-21-14-20(30-31-21)25(7-9-35-10-8-25)17-5-3-2-4-6-17/h2-6,11-15,22,32H,7-10H2,1H3,(H,28,34)(H2,29,30,31,33)/t15-,22-/m0/s1. The zero-order chi connectivity index (χ0) is 25.0. The lowest BCUT2D eigenvalue weighted by Crippen LogP contribution is -2.43. The highest BCUT2D eigenvalue weighted by molar-refractivity contribution is 5.97. The van der Waals surface area contributed by atoms with Crippen LogP contribution in [0.1, 0.15) is 42.7 Å². The number of carbonyl (C=O) groups is 2. The normalized spacial score (nSPS) is 16.8. The zero-order valence-electron chi connectivity index (χ0n) is 19.1. The fourth-order valence-electron chi connectivity index (χ4n) is 4.28. The first-order valence-corrected chi connectivity index (χ1v) is 11.2. The second-order valence-corrected chi connectivity index (χ2v) is 8.55. The maximum absolute atomic E-state index is 13.4. The highest BCUT2D eigenvalue weighted by Gasteiger charge is 2.38. The number of carbonyl (C=O) groups excluding carboxylic acids is 2. The van der Waals surface area contributed by atoms with Gasteiger partial charge in [-0.25, -0.2) is 8.78 Å². The lowest BCUT2D eigenvalue weighted by atomic mass is 9.72. The molecule has 0 saturated carbocycles. The van der Waals surface area contributed by atoms with Gasteiger partial charge in [0.1, 0.15) is 23.5 Å². The molecule has 0 aliphatic carbocycles. The molecule has 4 rings (SSSR count). The summed E-state index contributed by atoms with van der Waals surface area (Å²) in [6.07, 6.45) is -0.367. The van der Waals surface area contributed by atoms with Gasteiger partial charge in [-0.05, 0) is 43.0 Å². The van der Waals surface area contributed by atoms with Gasteiger partial charge in [0, 0.05) is 30.8 Å². The molecule has 1 aliphatic heterocycles. The van der Waals surface area contributed by atoms with Crippen LogP contribution in [-0.4, -0.2) is 46.4 Å². The molecule has 184 valence electrons. The largest absolute Gasteiger partial charge is 0.381 e. The summed E-state index contributed by atoms with van der Waals surface area (Å²) in [5.41, 5.74) is 1.26. The first-order chi connectivity index (χ1) is 16.8. The van der Waals surface area contributed by atoms with E-state index in [0.29, 0.717) is 25.1 Å². The Morgan fingerprint density at radius 3 is 2.37 bits per heavy atom. The smallest absolute Gasteiger partial charge is 0.254 e. The second kappa shape index (κ2) is 10.3. The van der Waals surface area contributed by atoms with Crippen LogP contribution in [0.2, 0.25) is 0 Å². The highest BCUT2D eigenvalue weighted by Crippen LogP contribution is 2.40. The molecule has 1 saturated heterocycles. The number of hydrogen-bond acceptors (Lipinski definition) is 5. The topological polar surface area (TPSA) is 116 Å². The van der Waals surface area contributed by atoms with E-state index in [0.717, 1.165) is 36.2 Å². The number of aromatic amines is 1. The number of anilines is 1. The van der Waals surface area contributed by atoms with Gasteiger partial charge in [-0.15, -0.1) is 0 Å². The summed E-state index contributed by atoms with van der Waals surface area (Å²) >= 11 is 0. The third-order valence-electron chi connectivity index (χ3n) is 6.20. The van der Waals surface area contributed by atoms with Crippen LogP contribution in [0.15, 0.2) is 54.6 Å². The van der Waals surface area contributed by atoms with Crippen molar-refractivity contribution in [2.45, 2.75) is 37.3 Å². The second-order valence-electron chi connectivity index (χ2n) is 8.55. The zero-order valence-corrected chi connectivity index (χ0v) is 19.1. The molecule has 2 heterocycles. The van der Waals surface area contributed by atoms with Crippen molar-refractivity contribution in [3.63, 3.8) is 0 Å². The van der Waals surface area contributed by atoms with Gasteiger partial charge in [0.05, 0.1) is 5.69 Å². The van der Waals surface area contributed by atoms with Crippen LogP contribution < -0.4 is 10.6 Å². The number of aliphatic hydroxyl groups is 1. The van der Waals surface area contributed by atoms with Crippen LogP contribution in [-0.2, 0) is 19.7 Å². The lowest BCUT2D eigenvalue weighted by Gasteiger charge is -2.36. The summed E-state index contributed by atoms with van der Waals surface area (Å²) in [5.74, 6) is -3.03. The molecule has 2 atom stereocenters. The van der Waals surface area contributed by atoms with Crippen molar-refractivity contribution >= 4 is 17.6 Å². The van der Waals surface area contributed by atoms with Crippen molar-refractivity contribution in [3.8, 4) is 0 Å². The average Bonchev–Trinajstić information content (AvgIpc) is 3.33. The van der Waals surface area contributed by atoms with E-state index in [4.69, 9.17) is 4.74 Å². The maximum Gasteiger partial charge on any atom is 0.254 e. The molecule has 35 heavy (non-hydrogen) atoms. The summed E-state index contributed by atoms with van der Waals surface area (Å²) in [4.78, 5) is 25.0. The molecule has 3 aromatic rings. The van der Waals surface area contributed by atoms with Crippen molar-refractivity contribution in [2.24, 2.45) is 0 Å². The van der Waals surface area contributed by atoms with E-state index in [1.54, 1.807) is 6.07 Å². The van der Waals surface area contributed by atoms with Gasteiger partial charge >= 0.3 is 0 Å². The molecular formula is C25H26F2N4O4. The summed E-state index contributed by atoms with van der Waals surface area (Å²) in [6, 6.07) is 13.0. The SMILES string of the molecule is C[C@H](NC(=O)[C@@H](O)c1cc(F)cc(F)c1)C(=O)Nc1cc(C2(c3ccccc3)CCOCC2)n[nH]1. The summed E-state index contributed by atoms with van der Waals surface area (Å²) in [5, 5.41) is 22.4. The van der Waals surface area contributed by atoms with Gasteiger partial charge in [0.15, 0.2) is 6.10 Å².